The third kappa shape index (κ3) is 1.94. The number of thioether (sulfide) groups is 1. The van der Waals surface area contributed by atoms with Crippen molar-refractivity contribution in [3.63, 3.8) is 0 Å². The fourth-order valence-electron chi connectivity index (χ4n) is 2.55. The molecule has 0 bridgehead atoms. The zero-order valence-corrected chi connectivity index (χ0v) is 11.4. The van der Waals surface area contributed by atoms with Crippen LogP contribution in [0.5, 0.6) is 0 Å². The number of hydrogen-bond acceptors (Lipinski definition) is 5. The molecule has 7 heteroatoms. The molecule has 0 aliphatic carbocycles. The van der Waals surface area contributed by atoms with Crippen LogP contribution in [-0.4, -0.2) is 27.9 Å². The molecule has 20 heavy (non-hydrogen) atoms. The van der Waals surface area contributed by atoms with Gasteiger partial charge in [-0.2, -0.15) is 0 Å². The van der Waals surface area contributed by atoms with Crippen molar-refractivity contribution in [3.8, 4) is 0 Å². The van der Waals surface area contributed by atoms with Gasteiger partial charge in [-0.05, 0) is 12.1 Å². The number of aliphatic carboxylic acids is 1. The second-order valence-corrected chi connectivity index (χ2v) is 5.87. The lowest BCUT2D eigenvalue weighted by Crippen LogP contribution is -2.63. The van der Waals surface area contributed by atoms with Crippen LogP contribution in [0.4, 0.5) is 0 Å². The Hall–Kier alpha value is -2.02. The summed E-state index contributed by atoms with van der Waals surface area (Å²) in [6.07, 6.45) is 3.75. The summed E-state index contributed by atoms with van der Waals surface area (Å²) >= 11 is 1.56. The molecule has 104 valence electrons. The molecule has 2 aliphatic rings. The highest BCUT2D eigenvalue weighted by Crippen LogP contribution is 2.42. The van der Waals surface area contributed by atoms with E-state index in [2.05, 4.69) is 0 Å². The van der Waals surface area contributed by atoms with Gasteiger partial charge in [-0.25, -0.2) is 5.84 Å². The number of aromatic nitrogens is 1. The molecule has 1 fully saturated rings. The molecule has 2 unspecified atom stereocenters. The van der Waals surface area contributed by atoms with Gasteiger partial charge in [0.15, 0.2) is 6.20 Å². The maximum atomic E-state index is 12.2. The fourth-order valence-corrected chi connectivity index (χ4v) is 3.82. The lowest BCUT2D eigenvalue weighted by Gasteiger charge is -2.49. The highest BCUT2D eigenvalue weighted by molar-refractivity contribution is 8.00. The van der Waals surface area contributed by atoms with E-state index in [9.17, 15) is 14.7 Å². The van der Waals surface area contributed by atoms with Crippen molar-refractivity contribution in [2.75, 3.05) is 11.6 Å². The number of carbonyl (C=O) groups is 2. The summed E-state index contributed by atoms with van der Waals surface area (Å²) in [6.45, 7) is 0. The number of rotatable bonds is 3. The number of pyridine rings is 1. The Bertz CT molecular complexity index is 617. The first kappa shape index (κ1) is 13.0. The van der Waals surface area contributed by atoms with Crippen molar-refractivity contribution < 1.29 is 19.4 Å². The van der Waals surface area contributed by atoms with E-state index in [1.165, 1.54) is 15.7 Å². The zero-order chi connectivity index (χ0) is 14.3. The van der Waals surface area contributed by atoms with Crippen LogP contribution in [0.3, 0.4) is 0 Å². The van der Waals surface area contributed by atoms with E-state index in [4.69, 9.17) is 5.84 Å². The van der Waals surface area contributed by atoms with Gasteiger partial charge in [-0.15, -0.1) is 11.8 Å². The average Bonchev–Trinajstić information content (AvgIpc) is 2.45. The van der Waals surface area contributed by atoms with Crippen LogP contribution in [0, 0.1) is 5.92 Å². The number of carboxylic acid groups (broad SMARTS) is 1. The first-order valence-electron chi connectivity index (χ1n) is 6.20. The molecule has 1 saturated heterocycles. The number of nitrogens with two attached hydrogens (primary N) is 1. The van der Waals surface area contributed by atoms with Crippen LogP contribution in [-0.2, 0) is 16.0 Å². The van der Waals surface area contributed by atoms with Crippen molar-refractivity contribution in [2.45, 2.75) is 11.8 Å². The van der Waals surface area contributed by atoms with Crippen LogP contribution >= 0.6 is 11.8 Å². The lowest BCUT2D eigenvalue weighted by molar-refractivity contribution is -0.647. The van der Waals surface area contributed by atoms with Crippen LogP contribution < -0.4 is 15.6 Å². The van der Waals surface area contributed by atoms with Gasteiger partial charge in [-0.3, -0.25) is 9.69 Å². The molecule has 2 atom stereocenters. The summed E-state index contributed by atoms with van der Waals surface area (Å²) < 4.78 is 1.49. The second-order valence-electron chi connectivity index (χ2n) is 4.72. The van der Waals surface area contributed by atoms with E-state index in [-0.39, 0.29) is 22.9 Å². The smallest absolute Gasteiger partial charge is 0.234 e. The Morgan fingerprint density at radius 2 is 2.35 bits per heavy atom. The topological polar surface area (TPSA) is 90.3 Å². The minimum atomic E-state index is -1.30. The van der Waals surface area contributed by atoms with Crippen molar-refractivity contribution in [1.82, 2.24) is 4.90 Å². The largest absolute Gasteiger partial charge is 0.543 e. The van der Waals surface area contributed by atoms with Crippen LogP contribution in [0.15, 0.2) is 36.2 Å². The van der Waals surface area contributed by atoms with Gasteiger partial charge >= 0.3 is 0 Å². The van der Waals surface area contributed by atoms with Crippen LogP contribution in [0.1, 0.15) is 5.69 Å². The van der Waals surface area contributed by atoms with E-state index < -0.39 is 5.97 Å². The summed E-state index contributed by atoms with van der Waals surface area (Å²) in [5.41, 5.74) is 0.833. The number of carbonyl (C=O) groups excluding carboxylic acids is 2. The van der Waals surface area contributed by atoms with Crippen molar-refractivity contribution >= 4 is 23.6 Å². The predicted molar refractivity (Wildman–Crippen MR) is 70.2 cm³/mol. The number of β-lactam (4-membered cyclic amide) rings is 1. The van der Waals surface area contributed by atoms with E-state index in [1.54, 1.807) is 18.0 Å². The number of nitrogen functional groups attached to an aromatic ring is 1. The number of nitrogens with zero attached hydrogens (tertiary/aromatic N) is 2. The van der Waals surface area contributed by atoms with E-state index >= 15 is 0 Å². The molecule has 0 spiro atoms. The molecule has 1 aromatic heterocycles. The molecule has 3 rings (SSSR count). The maximum Gasteiger partial charge on any atom is 0.234 e. The maximum absolute atomic E-state index is 12.2. The summed E-state index contributed by atoms with van der Waals surface area (Å²) in [4.78, 5) is 24.5. The zero-order valence-electron chi connectivity index (χ0n) is 10.6. The molecule has 0 aromatic carbocycles. The Labute approximate surface area is 119 Å². The van der Waals surface area contributed by atoms with Crippen molar-refractivity contribution in [1.29, 1.82) is 0 Å². The summed E-state index contributed by atoms with van der Waals surface area (Å²) in [5.74, 6) is 4.67. The second kappa shape index (κ2) is 4.82. The molecule has 1 amide bonds. The summed E-state index contributed by atoms with van der Waals surface area (Å²) in [5, 5.41) is 10.9. The van der Waals surface area contributed by atoms with Gasteiger partial charge in [0.2, 0.25) is 11.6 Å². The summed E-state index contributed by atoms with van der Waals surface area (Å²) in [7, 11) is 0. The van der Waals surface area contributed by atoms with E-state index in [0.717, 1.165) is 5.69 Å². The summed E-state index contributed by atoms with van der Waals surface area (Å²) in [6, 6.07) is 5.53. The molecular weight excluding hydrogens is 278 g/mol. The molecule has 3 heterocycles. The minimum absolute atomic E-state index is 0.0105. The lowest BCUT2D eigenvalue weighted by atomic mass is 9.91. The molecular formula is C13H13N3O3S. The Morgan fingerprint density at radius 3 is 3.05 bits per heavy atom. The monoisotopic (exact) mass is 291 g/mol. The van der Waals surface area contributed by atoms with Crippen LogP contribution in [0.25, 0.3) is 0 Å². The number of hydrogen-bond donors (Lipinski definition) is 1. The number of carboxylic acids is 1. The highest BCUT2D eigenvalue weighted by atomic mass is 32.2. The Balaban J connectivity index is 1.79. The number of fused-ring (bicyclic) bond motifs is 1. The standard InChI is InChI=1S/C13H13N3O3S/c14-15-5-2-1-3-8(15)7-9-11(17)16-10(13(18)19)4-6-20-12(9)16/h1-5,9,12H,6-7,14H2. The first-order chi connectivity index (χ1) is 9.59. The van der Waals surface area contributed by atoms with Gasteiger partial charge in [0.05, 0.1) is 23.0 Å². The Kier molecular flexibility index (Phi) is 3.13. The third-order valence-electron chi connectivity index (χ3n) is 3.57. The minimum Gasteiger partial charge on any atom is -0.543 e. The quantitative estimate of drug-likeness (QED) is 0.411. The van der Waals surface area contributed by atoms with Crippen molar-refractivity contribution in [3.05, 3.63) is 41.9 Å². The molecule has 0 radical (unpaired) electrons. The van der Waals surface area contributed by atoms with Gasteiger partial charge in [0.25, 0.3) is 0 Å². The van der Waals surface area contributed by atoms with E-state index in [0.29, 0.717) is 12.2 Å². The first-order valence-corrected chi connectivity index (χ1v) is 7.25. The Morgan fingerprint density at radius 1 is 1.55 bits per heavy atom. The van der Waals surface area contributed by atoms with Crippen LogP contribution in [0.2, 0.25) is 0 Å². The average molecular weight is 291 g/mol. The fraction of sp³-hybridized carbons (Fsp3) is 0.308. The number of amides is 1. The van der Waals surface area contributed by atoms with Gasteiger partial charge < -0.3 is 9.90 Å². The molecule has 0 saturated carbocycles. The molecule has 2 aliphatic heterocycles. The molecule has 1 aromatic rings. The van der Waals surface area contributed by atoms with Gasteiger partial charge in [-0.1, -0.05) is 4.68 Å². The SMILES string of the molecule is N[n+]1ccccc1CC1C(=O)N2C(C(=O)[O-])=CCSC12. The highest BCUT2D eigenvalue weighted by Gasteiger charge is 2.51. The molecule has 6 nitrogen and oxygen atoms in total. The van der Waals surface area contributed by atoms with Crippen molar-refractivity contribution in [2.24, 2.45) is 5.92 Å². The molecule has 2 N–H and O–H groups in total. The van der Waals surface area contributed by atoms with Gasteiger partial charge in [0, 0.05) is 24.3 Å². The van der Waals surface area contributed by atoms with E-state index in [1.807, 2.05) is 18.2 Å². The predicted octanol–water partition coefficient (Wildman–Crippen LogP) is -1.60. The normalized spacial score (nSPS) is 24.7. The van der Waals surface area contributed by atoms with Gasteiger partial charge in [0.1, 0.15) is 0 Å². The third-order valence-corrected chi connectivity index (χ3v) is 4.81.